The SMILES string of the molecule is COc1ccc(C(=O)n2[nH]c(C)c(N=Nc3ccc(S(=O)(=O)Nc4ncccn4)cc3)c2=O)cc1. The standard InChI is InChI=1S/C22H19N7O5S/c1-14-19(21(31)29(27-14)20(30)15-4-8-17(34-2)9-5-15)26-25-16-6-10-18(11-7-16)35(32,33)28-22-23-12-3-13-24-22/h3-13,27H,1-2H3,(H,23,24,28). The number of nitrogens with one attached hydrogen (secondary N) is 2. The van der Waals surface area contributed by atoms with E-state index in [2.05, 4.69) is 30.0 Å². The van der Waals surface area contributed by atoms with Gasteiger partial charge in [-0.05, 0) is 61.5 Å². The number of anilines is 1. The van der Waals surface area contributed by atoms with Gasteiger partial charge in [-0.2, -0.15) is 9.80 Å². The largest absolute Gasteiger partial charge is 0.497 e. The molecule has 0 unspecified atom stereocenters. The third kappa shape index (κ3) is 5.14. The monoisotopic (exact) mass is 493 g/mol. The molecule has 0 atom stereocenters. The van der Waals surface area contributed by atoms with Gasteiger partial charge in [0.15, 0.2) is 5.69 Å². The number of aryl methyl sites for hydroxylation is 1. The molecule has 0 aliphatic carbocycles. The smallest absolute Gasteiger partial charge is 0.302 e. The second kappa shape index (κ2) is 9.69. The Kier molecular flexibility index (Phi) is 6.51. The van der Waals surface area contributed by atoms with E-state index >= 15 is 0 Å². The molecule has 0 amide bonds. The number of aromatic amines is 1. The maximum Gasteiger partial charge on any atom is 0.302 e. The second-order valence-electron chi connectivity index (χ2n) is 7.13. The molecule has 2 N–H and O–H groups in total. The number of ether oxygens (including phenoxy) is 1. The van der Waals surface area contributed by atoms with Crippen molar-refractivity contribution in [3.8, 4) is 5.75 Å². The summed E-state index contributed by atoms with van der Waals surface area (Å²) >= 11 is 0. The van der Waals surface area contributed by atoms with Crippen LogP contribution in [0.4, 0.5) is 17.3 Å². The van der Waals surface area contributed by atoms with Gasteiger partial charge in [-0.15, -0.1) is 5.11 Å². The summed E-state index contributed by atoms with van der Waals surface area (Å²) in [6.07, 6.45) is 2.83. The first-order valence-electron chi connectivity index (χ1n) is 10.1. The molecule has 35 heavy (non-hydrogen) atoms. The second-order valence-corrected chi connectivity index (χ2v) is 8.81. The summed E-state index contributed by atoms with van der Waals surface area (Å²) in [7, 11) is -2.39. The minimum Gasteiger partial charge on any atom is -0.497 e. The van der Waals surface area contributed by atoms with E-state index in [0.29, 0.717) is 17.1 Å². The minimum absolute atomic E-state index is 0.0332. The van der Waals surface area contributed by atoms with Gasteiger partial charge < -0.3 is 4.74 Å². The van der Waals surface area contributed by atoms with Gasteiger partial charge in [0, 0.05) is 18.0 Å². The van der Waals surface area contributed by atoms with E-state index < -0.39 is 21.5 Å². The van der Waals surface area contributed by atoms with E-state index in [0.717, 1.165) is 4.68 Å². The normalized spacial score (nSPS) is 11.5. The Morgan fingerprint density at radius 2 is 1.69 bits per heavy atom. The minimum atomic E-state index is -3.90. The van der Waals surface area contributed by atoms with Crippen LogP contribution < -0.4 is 15.0 Å². The lowest BCUT2D eigenvalue weighted by atomic mass is 10.2. The molecule has 4 aromatic rings. The van der Waals surface area contributed by atoms with Gasteiger partial charge in [0.05, 0.1) is 23.4 Å². The fourth-order valence-corrected chi connectivity index (χ4v) is 3.95. The molecule has 0 saturated carbocycles. The number of rotatable bonds is 7. The molecule has 0 spiro atoms. The van der Waals surface area contributed by atoms with Gasteiger partial charge >= 0.3 is 5.56 Å². The number of hydrogen-bond acceptors (Lipinski definition) is 9. The molecule has 0 saturated heterocycles. The van der Waals surface area contributed by atoms with Crippen molar-refractivity contribution >= 4 is 33.3 Å². The number of carbonyl (C=O) groups is 1. The average Bonchev–Trinajstić information content (AvgIpc) is 3.16. The highest BCUT2D eigenvalue weighted by Gasteiger charge is 2.18. The molecule has 0 radical (unpaired) electrons. The predicted molar refractivity (Wildman–Crippen MR) is 126 cm³/mol. The van der Waals surface area contributed by atoms with Crippen molar-refractivity contribution in [1.29, 1.82) is 0 Å². The van der Waals surface area contributed by atoms with Crippen molar-refractivity contribution in [3.63, 3.8) is 0 Å². The number of aromatic nitrogens is 4. The number of nitrogens with zero attached hydrogens (tertiary/aromatic N) is 5. The summed E-state index contributed by atoms with van der Waals surface area (Å²) in [6, 6.07) is 13.4. The highest BCUT2D eigenvalue weighted by molar-refractivity contribution is 7.92. The van der Waals surface area contributed by atoms with Gasteiger partial charge in [-0.25, -0.2) is 23.1 Å². The van der Waals surface area contributed by atoms with Crippen LogP contribution in [-0.2, 0) is 10.0 Å². The number of sulfonamides is 1. The van der Waals surface area contributed by atoms with Crippen LogP contribution in [0.25, 0.3) is 0 Å². The van der Waals surface area contributed by atoms with Crippen LogP contribution >= 0.6 is 0 Å². The van der Waals surface area contributed by atoms with Crippen molar-refractivity contribution in [2.24, 2.45) is 10.2 Å². The number of methoxy groups -OCH3 is 1. The van der Waals surface area contributed by atoms with Gasteiger partial charge in [0.25, 0.3) is 15.9 Å². The lowest BCUT2D eigenvalue weighted by molar-refractivity contribution is 0.0941. The van der Waals surface area contributed by atoms with Crippen molar-refractivity contribution in [1.82, 2.24) is 19.7 Å². The van der Waals surface area contributed by atoms with Crippen molar-refractivity contribution in [2.45, 2.75) is 11.8 Å². The van der Waals surface area contributed by atoms with E-state index in [1.165, 1.54) is 43.8 Å². The first-order chi connectivity index (χ1) is 16.8. The summed E-state index contributed by atoms with van der Waals surface area (Å²) in [5.74, 6) is -0.0413. The summed E-state index contributed by atoms with van der Waals surface area (Å²) < 4.78 is 33.1. The molecule has 0 fully saturated rings. The Morgan fingerprint density at radius 1 is 1.03 bits per heavy atom. The van der Waals surface area contributed by atoms with Gasteiger partial charge in [0.1, 0.15) is 5.75 Å². The van der Waals surface area contributed by atoms with E-state index in [-0.39, 0.29) is 22.1 Å². The third-order valence-corrected chi connectivity index (χ3v) is 6.13. The van der Waals surface area contributed by atoms with Crippen molar-refractivity contribution in [3.05, 3.63) is 88.6 Å². The van der Waals surface area contributed by atoms with Crippen LogP contribution in [0.15, 0.2) is 86.9 Å². The fraction of sp³-hybridized carbons (Fsp3) is 0.0909. The van der Waals surface area contributed by atoms with Crippen LogP contribution in [0, 0.1) is 6.92 Å². The van der Waals surface area contributed by atoms with Crippen LogP contribution in [0.5, 0.6) is 5.75 Å². The van der Waals surface area contributed by atoms with Gasteiger partial charge in [0.2, 0.25) is 5.95 Å². The Bertz CT molecular complexity index is 1540. The predicted octanol–water partition coefficient (Wildman–Crippen LogP) is 3.19. The summed E-state index contributed by atoms with van der Waals surface area (Å²) in [5.41, 5.74) is 0.202. The molecular weight excluding hydrogens is 474 g/mol. The quantitative estimate of drug-likeness (QED) is 0.374. The zero-order valence-electron chi connectivity index (χ0n) is 18.5. The Labute approximate surface area is 199 Å². The number of benzene rings is 2. The third-order valence-electron chi connectivity index (χ3n) is 4.78. The highest BCUT2D eigenvalue weighted by atomic mass is 32.2. The summed E-state index contributed by atoms with van der Waals surface area (Å²) in [5, 5.41) is 10.7. The first kappa shape index (κ1) is 23.5. The molecule has 2 aromatic heterocycles. The molecule has 0 aliphatic heterocycles. The van der Waals surface area contributed by atoms with Crippen LogP contribution in [-0.4, -0.2) is 41.2 Å². The molecule has 12 nitrogen and oxygen atoms in total. The molecule has 0 bridgehead atoms. The van der Waals surface area contributed by atoms with Crippen molar-refractivity contribution in [2.75, 3.05) is 11.8 Å². The number of H-pyrrole nitrogens is 1. The maximum atomic E-state index is 12.7. The highest BCUT2D eigenvalue weighted by Crippen LogP contribution is 2.21. The lowest BCUT2D eigenvalue weighted by Gasteiger charge is -2.06. The molecule has 2 aromatic carbocycles. The van der Waals surface area contributed by atoms with Crippen LogP contribution in [0.3, 0.4) is 0 Å². The number of azo groups is 1. The molecule has 4 rings (SSSR count). The Morgan fingerprint density at radius 3 is 2.31 bits per heavy atom. The molecule has 13 heteroatoms. The van der Waals surface area contributed by atoms with Crippen LogP contribution in [0.2, 0.25) is 0 Å². The fourth-order valence-electron chi connectivity index (χ4n) is 2.99. The topological polar surface area (TPSA) is 161 Å². The Hall–Kier alpha value is -4.65. The number of hydrogen-bond donors (Lipinski definition) is 2. The lowest BCUT2D eigenvalue weighted by Crippen LogP contribution is -2.25. The maximum absolute atomic E-state index is 12.7. The van der Waals surface area contributed by atoms with E-state index in [9.17, 15) is 18.0 Å². The molecular formula is C22H19N7O5S. The average molecular weight is 494 g/mol. The van der Waals surface area contributed by atoms with Gasteiger partial charge in [-0.1, -0.05) is 0 Å². The zero-order valence-corrected chi connectivity index (χ0v) is 19.4. The molecule has 178 valence electrons. The molecule has 2 heterocycles. The van der Waals surface area contributed by atoms with E-state index in [4.69, 9.17) is 4.74 Å². The zero-order chi connectivity index (χ0) is 25.0. The Balaban J connectivity index is 1.52. The van der Waals surface area contributed by atoms with Crippen molar-refractivity contribution < 1.29 is 17.9 Å². The summed E-state index contributed by atoms with van der Waals surface area (Å²) in [4.78, 5) is 33.1. The van der Waals surface area contributed by atoms with E-state index in [1.54, 1.807) is 37.3 Å². The number of carbonyl (C=O) groups excluding carboxylic acids is 1. The van der Waals surface area contributed by atoms with Crippen LogP contribution in [0.1, 0.15) is 16.1 Å². The van der Waals surface area contributed by atoms with Gasteiger partial charge in [-0.3, -0.25) is 14.7 Å². The summed E-state index contributed by atoms with van der Waals surface area (Å²) in [6.45, 7) is 1.58. The first-order valence-corrected chi connectivity index (χ1v) is 11.6. The van der Waals surface area contributed by atoms with E-state index in [1.807, 2.05) is 0 Å². The molecule has 0 aliphatic rings.